The van der Waals surface area contributed by atoms with Crippen LogP contribution in [0.2, 0.25) is 0 Å². The van der Waals surface area contributed by atoms with Crippen molar-refractivity contribution in [2.45, 2.75) is 0 Å². The van der Waals surface area contributed by atoms with Crippen molar-refractivity contribution >= 4 is 43.6 Å². The molecule has 0 fully saturated rings. The van der Waals surface area contributed by atoms with Crippen LogP contribution in [-0.2, 0) is 20.1 Å². The van der Waals surface area contributed by atoms with E-state index in [9.17, 15) is 0 Å². The molecule has 5 heteroatoms. The van der Waals surface area contributed by atoms with Crippen molar-refractivity contribution in [1.29, 1.82) is 0 Å². The molecule has 51 heavy (non-hydrogen) atoms. The molecule has 0 aliphatic carbocycles. The summed E-state index contributed by atoms with van der Waals surface area (Å²) in [5, 5.41) is 4.89. The molecular weight excluding hydrogens is 801 g/mol. The summed E-state index contributed by atoms with van der Waals surface area (Å²) < 4.78 is 4.74. The van der Waals surface area contributed by atoms with Gasteiger partial charge in [0.1, 0.15) is 0 Å². The van der Waals surface area contributed by atoms with E-state index in [2.05, 4.69) is 140 Å². The fraction of sp³-hybridized carbons (Fsp3) is 0. The summed E-state index contributed by atoms with van der Waals surface area (Å²) >= 11 is 0. The average Bonchev–Trinajstić information content (AvgIpc) is 3.70. The standard InChI is InChI=1S/C35H22N3.C11H8N.Ir/c1-3-11-25(12-4-1)37-32-17-8-7-15-27(32)29-22-35-30(23-34(29)37)28-21-24(31-16-9-10-20-36-31)18-19-33(28)38(35)26-13-5-2-6-14-26;1-2-6-10(7-3-1)11-8-4-5-9-12-11;/h1-17,19-23H;1-6,8-9H;/q2*-1;. The van der Waals surface area contributed by atoms with Crippen molar-refractivity contribution in [2.75, 3.05) is 0 Å². The first-order chi connectivity index (χ1) is 24.8. The molecule has 6 aromatic carbocycles. The fourth-order valence-electron chi connectivity index (χ4n) is 6.87. The van der Waals surface area contributed by atoms with Crippen LogP contribution in [0.15, 0.2) is 182 Å². The topological polar surface area (TPSA) is 35.6 Å². The predicted octanol–water partition coefficient (Wildman–Crippen LogP) is 11.3. The van der Waals surface area contributed by atoms with E-state index < -0.39 is 0 Å². The maximum Gasteiger partial charge on any atom is 0.0548 e. The number of hydrogen-bond donors (Lipinski definition) is 0. The summed E-state index contributed by atoms with van der Waals surface area (Å²) in [5.41, 5.74) is 10.9. The Hall–Kier alpha value is -6.13. The predicted molar refractivity (Wildman–Crippen MR) is 206 cm³/mol. The number of benzene rings is 6. The van der Waals surface area contributed by atoms with Gasteiger partial charge in [0.15, 0.2) is 0 Å². The van der Waals surface area contributed by atoms with E-state index in [0.29, 0.717) is 0 Å². The molecule has 245 valence electrons. The Morgan fingerprint density at radius 1 is 0.392 bits per heavy atom. The van der Waals surface area contributed by atoms with Gasteiger partial charge in [0.25, 0.3) is 0 Å². The smallest absolute Gasteiger partial charge is 0.0548 e. The van der Waals surface area contributed by atoms with Crippen molar-refractivity contribution in [3.05, 3.63) is 194 Å². The van der Waals surface area contributed by atoms with Gasteiger partial charge in [-0.05, 0) is 76.9 Å². The number of para-hydroxylation sites is 3. The number of pyridine rings is 2. The molecule has 0 bridgehead atoms. The van der Waals surface area contributed by atoms with Gasteiger partial charge in [0, 0.05) is 60.2 Å². The molecule has 0 amide bonds. The van der Waals surface area contributed by atoms with Crippen LogP contribution in [-0.4, -0.2) is 19.1 Å². The molecule has 1 radical (unpaired) electrons. The molecule has 0 saturated carbocycles. The van der Waals surface area contributed by atoms with Gasteiger partial charge in [-0.1, -0.05) is 84.2 Å². The van der Waals surface area contributed by atoms with Crippen molar-refractivity contribution < 1.29 is 20.1 Å². The third-order valence-electron chi connectivity index (χ3n) is 9.11. The molecule has 4 nitrogen and oxygen atoms in total. The van der Waals surface area contributed by atoms with Gasteiger partial charge in [-0.25, -0.2) is 0 Å². The van der Waals surface area contributed by atoms with Crippen LogP contribution in [0.1, 0.15) is 0 Å². The van der Waals surface area contributed by atoms with Crippen LogP contribution in [0, 0.1) is 12.1 Å². The molecule has 0 N–H and O–H groups in total. The summed E-state index contributed by atoms with van der Waals surface area (Å²) in [6, 6.07) is 65.3. The van der Waals surface area contributed by atoms with Crippen LogP contribution in [0.25, 0.3) is 77.5 Å². The summed E-state index contributed by atoms with van der Waals surface area (Å²) in [6.07, 6.45) is 3.62. The Labute approximate surface area is 309 Å². The average molecular weight is 831 g/mol. The number of hydrogen-bond acceptors (Lipinski definition) is 2. The van der Waals surface area contributed by atoms with Crippen molar-refractivity contribution in [3.63, 3.8) is 0 Å². The molecule has 0 atom stereocenters. The number of rotatable bonds is 4. The van der Waals surface area contributed by atoms with E-state index in [4.69, 9.17) is 0 Å². The zero-order chi connectivity index (χ0) is 33.3. The molecular formula is C46H30IrN4-2. The Balaban J connectivity index is 0.000000245. The second kappa shape index (κ2) is 14.0. The van der Waals surface area contributed by atoms with Gasteiger partial charge in [-0.15, -0.1) is 59.7 Å². The van der Waals surface area contributed by atoms with E-state index in [0.717, 1.165) is 39.4 Å². The molecule has 10 rings (SSSR count). The second-order valence-corrected chi connectivity index (χ2v) is 12.1. The Morgan fingerprint density at radius 2 is 0.922 bits per heavy atom. The van der Waals surface area contributed by atoms with Gasteiger partial charge in [-0.3, -0.25) is 0 Å². The van der Waals surface area contributed by atoms with E-state index in [1.54, 1.807) is 6.20 Å². The molecule has 4 aromatic heterocycles. The summed E-state index contributed by atoms with van der Waals surface area (Å²) in [6.45, 7) is 0. The normalized spacial score (nSPS) is 11.0. The van der Waals surface area contributed by atoms with Gasteiger partial charge < -0.3 is 19.1 Å². The quantitative estimate of drug-likeness (QED) is 0.166. The fourth-order valence-corrected chi connectivity index (χ4v) is 6.87. The first-order valence-electron chi connectivity index (χ1n) is 16.7. The van der Waals surface area contributed by atoms with Crippen molar-refractivity contribution in [1.82, 2.24) is 19.1 Å². The molecule has 0 unspecified atom stereocenters. The number of aromatic nitrogens is 4. The van der Waals surface area contributed by atoms with Crippen LogP contribution >= 0.6 is 0 Å². The van der Waals surface area contributed by atoms with Gasteiger partial charge in [-0.2, -0.15) is 0 Å². The van der Waals surface area contributed by atoms with Crippen LogP contribution in [0.4, 0.5) is 0 Å². The molecule has 0 aliphatic rings. The van der Waals surface area contributed by atoms with E-state index in [-0.39, 0.29) is 20.1 Å². The number of nitrogens with zero attached hydrogens (tertiary/aromatic N) is 4. The molecule has 0 aliphatic heterocycles. The molecule has 0 spiro atoms. The Kier molecular flexibility index (Phi) is 8.81. The first kappa shape index (κ1) is 32.1. The third kappa shape index (κ3) is 5.93. The van der Waals surface area contributed by atoms with E-state index in [1.165, 1.54) is 38.1 Å². The summed E-state index contributed by atoms with van der Waals surface area (Å²) in [5.74, 6) is 0. The van der Waals surface area contributed by atoms with Gasteiger partial charge >= 0.3 is 0 Å². The maximum absolute atomic E-state index is 4.59. The van der Waals surface area contributed by atoms with E-state index >= 15 is 0 Å². The Bertz CT molecular complexity index is 2690. The molecule has 0 saturated heterocycles. The van der Waals surface area contributed by atoms with E-state index in [1.807, 2.05) is 66.9 Å². The zero-order valence-corrected chi connectivity index (χ0v) is 29.8. The minimum atomic E-state index is 0. The summed E-state index contributed by atoms with van der Waals surface area (Å²) in [4.78, 5) is 8.81. The minimum Gasteiger partial charge on any atom is -0.351 e. The second-order valence-electron chi connectivity index (χ2n) is 12.1. The largest absolute Gasteiger partial charge is 0.351 e. The number of fused-ring (bicyclic) bond motifs is 6. The van der Waals surface area contributed by atoms with Crippen LogP contribution in [0.5, 0.6) is 0 Å². The molecule has 10 aromatic rings. The van der Waals surface area contributed by atoms with Crippen LogP contribution in [0.3, 0.4) is 0 Å². The minimum absolute atomic E-state index is 0. The SMILES string of the molecule is [Ir].[c-]1cc2c(cc1-c1ccccn1)c1cc3c(cc1n2-c1ccccc1)c1ccccc1n3-c1ccccc1.[c-]1ccccc1-c1ccccn1. The van der Waals surface area contributed by atoms with Gasteiger partial charge in [0.05, 0.1) is 11.0 Å². The van der Waals surface area contributed by atoms with Gasteiger partial charge in [0.2, 0.25) is 0 Å². The monoisotopic (exact) mass is 831 g/mol. The molecule has 4 heterocycles. The van der Waals surface area contributed by atoms with Crippen molar-refractivity contribution in [3.8, 4) is 33.9 Å². The summed E-state index contributed by atoms with van der Waals surface area (Å²) in [7, 11) is 0. The third-order valence-corrected chi connectivity index (χ3v) is 9.11. The zero-order valence-electron chi connectivity index (χ0n) is 27.4. The van der Waals surface area contributed by atoms with Crippen LogP contribution < -0.4 is 0 Å². The first-order valence-corrected chi connectivity index (χ1v) is 16.7. The Morgan fingerprint density at radius 3 is 1.53 bits per heavy atom. The maximum atomic E-state index is 4.59. The van der Waals surface area contributed by atoms with Crippen molar-refractivity contribution in [2.24, 2.45) is 0 Å².